The van der Waals surface area contributed by atoms with Gasteiger partial charge in [0.2, 0.25) is 0 Å². The van der Waals surface area contributed by atoms with Crippen LogP contribution in [0.5, 0.6) is 0 Å². The van der Waals surface area contributed by atoms with Crippen molar-refractivity contribution in [3.63, 3.8) is 0 Å². The Kier molecular flexibility index (Phi) is 19.9. The quantitative estimate of drug-likeness (QED) is 0.601. The van der Waals surface area contributed by atoms with Gasteiger partial charge in [-0.1, -0.05) is 53.4 Å². The van der Waals surface area contributed by atoms with Gasteiger partial charge in [0.05, 0.1) is 25.4 Å². The SMILES string of the molecule is CCCC(CCC)OC(CCC)CCC.OCCO. The van der Waals surface area contributed by atoms with Crippen molar-refractivity contribution in [3.8, 4) is 0 Å². The molecule has 0 aliphatic heterocycles. The molecule has 19 heavy (non-hydrogen) atoms. The van der Waals surface area contributed by atoms with E-state index in [0.29, 0.717) is 12.2 Å². The van der Waals surface area contributed by atoms with E-state index in [-0.39, 0.29) is 13.2 Å². The fourth-order valence-electron chi connectivity index (χ4n) is 2.12. The molecule has 0 aromatic rings. The Balaban J connectivity index is 0. The Morgan fingerprint density at radius 2 is 0.895 bits per heavy atom. The van der Waals surface area contributed by atoms with E-state index in [4.69, 9.17) is 14.9 Å². The van der Waals surface area contributed by atoms with Gasteiger partial charge in [0.25, 0.3) is 0 Å². The van der Waals surface area contributed by atoms with Crippen molar-refractivity contribution in [2.75, 3.05) is 13.2 Å². The molecule has 0 unspecified atom stereocenters. The Bertz CT molecular complexity index is 123. The summed E-state index contributed by atoms with van der Waals surface area (Å²) in [5.74, 6) is 0. The van der Waals surface area contributed by atoms with E-state index in [1.807, 2.05) is 0 Å². The molecule has 0 amide bonds. The summed E-state index contributed by atoms with van der Waals surface area (Å²) in [6.45, 7) is 8.75. The molecule has 0 rings (SSSR count). The molecule has 0 heterocycles. The number of aliphatic hydroxyl groups excluding tert-OH is 2. The fourth-order valence-corrected chi connectivity index (χ4v) is 2.12. The van der Waals surface area contributed by atoms with Gasteiger partial charge in [-0.05, 0) is 25.7 Å². The third kappa shape index (κ3) is 15.8. The smallest absolute Gasteiger partial charge is 0.0662 e. The summed E-state index contributed by atoms with van der Waals surface area (Å²) >= 11 is 0. The van der Waals surface area contributed by atoms with Gasteiger partial charge >= 0.3 is 0 Å². The summed E-state index contributed by atoms with van der Waals surface area (Å²) in [5.41, 5.74) is 0. The van der Waals surface area contributed by atoms with Crippen molar-refractivity contribution in [2.24, 2.45) is 0 Å². The third-order valence-corrected chi connectivity index (χ3v) is 2.93. The molecule has 0 aromatic heterocycles. The van der Waals surface area contributed by atoms with E-state index in [2.05, 4.69) is 27.7 Å². The average molecular weight is 276 g/mol. The molecule has 0 saturated heterocycles. The van der Waals surface area contributed by atoms with Crippen LogP contribution in [0.4, 0.5) is 0 Å². The predicted octanol–water partition coefficient (Wildman–Crippen LogP) is 3.91. The summed E-state index contributed by atoms with van der Waals surface area (Å²) in [4.78, 5) is 0. The van der Waals surface area contributed by atoms with Crippen LogP contribution in [0.3, 0.4) is 0 Å². The van der Waals surface area contributed by atoms with E-state index in [1.54, 1.807) is 0 Å². The van der Waals surface area contributed by atoms with E-state index in [1.165, 1.54) is 51.4 Å². The highest BCUT2D eigenvalue weighted by Crippen LogP contribution is 2.17. The van der Waals surface area contributed by atoms with Gasteiger partial charge in [0, 0.05) is 0 Å². The molecule has 0 saturated carbocycles. The first-order valence-electron chi connectivity index (χ1n) is 8.07. The number of hydrogen-bond donors (Lipinski definition) is 2. The highest BCUT2D eigenvalue weighted by molar-refractivity contribution is 4.63. The second-order valence-electron chi connectivity index (χ2n) is 4.98. The first-order valence-corrected chi connectivity index (χ1v) is 8.07. The van der Waals surface area contributed by atoms with Gasteiger partial charge in [-0.3, -0.25) is 0 Å². The van der Waals surface area contributed by atoms with E-state index in [0.717, 1.165) is 0 Å². The summed E-state index contributed by atoms with van der Waals surface area (Å²) in [6, 6.07) is 0. The molecule has 0 radical (unpaired) electrons. The van der Waals surface area contributed by atoms with E-state index < -0.39 is 0 Å². The molecule has 118 valence electrons. The maximum absolute atomic E-state index is 7.62. The lowest BCUT2D eigenvalue weighted by Crippen LogP contribution is -2.22. The van der Waals surface area contributed by atoms with Crippen LogP contribution in [0.1, 0.15) is 79.1 Å². The number of rotatable bonds is 11. The zero-order valence-electron chi connectivity index (χ0n) is 13.5. The molecule has 0 bridgehead atoms. The topological polar surface area (TPSA) is 49.7 Å². The lowest BCUT2D eigenvalue weighted by atomic mass is 10.1. The molecule has 0 aromatic carbocycles. The van der Waals surface area contributed by atoms with Crippen LogP contribution in [-0.2, 0) is 4.74 Å². The van der Waals surface area contributed by atoms with E-state index >= 15 is 0 Å². The first kappa shape index (κ1) is 21.2. The molecule has 0 aliphatic rings. The van der Waals surface area contributed by atoms with Gasteiger partial charge in [0.1, 0.15) is 0 Å². The third-order valence-electron chi connectivity index (χ3n) is 2.93. The van der Waals surface area contributed by atoms with Gasteiger partial charge in [-0.2, -0.15) is 0 Å². The maximum atomic E-state index is 7.62. The predicted molar refractivity (Wildman–Crippen MR) is 82.5 cm³/mol. The van der Waals surface area contributed by atoms with Crippen molar-refractivity contribution in [2.45, 2.75) is 91.3 Å². The second-order valence-corrected chi connectivity index (χ2v) is 4.98. The number of hydrogen-bond acceptors (Lipinski definition) is 3. The van der Waals surface area contributed by atoms with Crippen LogP contribution < -0.4 is 0 Å². The zero-order valence-corrected chi connectivity index (χ0v) is 13.5. The maximum Gasteiger partial charge on any atom is 0.0662 e. The Hall–Kier alpha value is -0.120. The molecule has 3 heteroatoms. The molecule has 0 fully saturated rings. The molecule has 0 aliphatic carbocycles. The van der Waals surface area contributed by atoms with Crippen molar-refractivity contribution in [1.29, 1.82) is 0 Å². The average Bonchev–Trinajstić information content (AvgIpc) is 2.40. The molecular weight excluding hydrogens is 240 g/mol. The second kappa shape index (κ2) is 17.9. The van der Waals surface area contributed by atoms with Gasteiger partial charge in [-0.25, -0.2) is 0 Å². The van der Waals surface area contributed by atoms with Crippen molar-refractivity contribution in [1.82, 2.24) is 0 Å². The van der Waals surface area contributed by atoms with Gasteiger partial charge < -0.3 is 14.9 Å². The van der Waals surface area contributed by atoms with Gasteiger partial charge in [0.15, 0.2) is 0 Å². The normalized spacial score (nSPS) is 10.7. The number of aliphatic hydroxyl groups is 2. The van der Waals surface area contributed by atoms with Crippen LogP contribution in [-0.4, -0.2) is 35.6 Å². The van der Waals surface area contributed by atoms with Crippen molar-refractivity contribution in [3.05, 3.63) is 0 Å². The summed E-state index contributed by atoms with van der Waals surface area (Å²) in [6.07, 6.45) is 11.0. The largest absolute Gasteiger partial charge is 0.394 e. The minimum absolute atomic E-state index is 0.125. The molecule has 2 N–H and O–H groups in total. The molecule has 0 atom stereocenters. The van der Waals surface area contributed by atoms with Crippen LogP contribution >= 0.6 is 0 Å². The molecule has 3 nitrogen and oxygen atoms in total. The Labute approximate surface area is 120 Å². The number of ether oxygens (including phenoxy) is 1. The Morgan fingerprint density at radius 1 is 0.632 bits per heavy atom. The van der Waals surface area contributed by atoms with Crippen LogP contribution in [0.15, 0.2) is 0 Å². The fraction of sp³-hybridized carbons (Fsp3) is 1.00. The zero-order chi connectivity index (χ0) is 14.9. The van der Waals surface area contributed by atoms with Crippen LogP contribution in [0, 0.1) is 0 Å². The van der Waals surface area contributed by atoms with Crippen LogP contribution in [0.25, 0.3) is 0 Å². The monoisotopic (exact) mass is 276 g/mol. The highest BCUT2D eigenvalue weighted by atomic mass is 16.5. The first-order chi connectivity index (χ1) is 9.19. The summed E-state index contributed by atoms with van der Waals surface area (Å²) in [5, 5.41) is 15.2. The minimum atomic E-state index is -0.125. The van der Waals surface area contributed by atoms with E-state index in [9.17, 15) is 0 Å². The summed E-state index contributed by atoms with van der Waals surface area (Å²) < 4.78 is 6.21. The Morgan fingerprint density at radius 3 is 1.05 bits per heavy atom. The van der Waals surface area contributed by atoms with Crippen molar-refractivity contribution < 1.29 is 14.9 Å². The van der Waals surface area contributed by atoms with Crippen LogP contribution in [0.2, 0.25) is 0 Å². The highest BCUT2D eigenvalue weighted by Gasteiger charge is 2.14. The molecular formula is C16H36O3. The minimum Gasteiger partial charge on any atom is -0.394 e. The lowest BCUT2D eigenvalue weighted by molar-refractivity contribution is -0.0292. The summed E-state index contributed by atoms with van der Waals surface area (Å²) in [7, 11) is 0. The standard InChI is InChI=1S/C14H30O.C2H6O2/c1-5-9-13(10-6-2)15-14(11-7-3)12-8-4;3-1-2-4/h13-14H,5-12H2,1-4H3;3-4H,1-2H2. The molecule has 0 spiro atoms. The van der Waals surface area contributed by atoms with Gasteiger partial charge in [-0.15, -0.1) is 0 Å². The lowest BCUT2D eigenvalue weighted by Gasteiger charge is -2.24. The van der Waals surface area contributed by atoms with Crippen molar-refractivity contribution >= 4 is 0 Å².